The molecule has 9 nitrogen and oxygen atoms in total. The van der Waals surface area contributed by atoms with E-state index in [2.05, 4.69) is 10.3 Å². The van der Waals surface area contributed by atoms with E-state index in [9.17, 15) is 14.4 Å². The highest BCUT2D eigenvalue weighted by atomic mass is 16.4. The van der Waals surface area contributed by atoms with E-state index in [0.29, 0.717) is 6.54 Å². The molecular formula is C12H19N5O4. The number of nitrogens with two attached hydrogens (primary N) is 1. The largest absolute Gasteiger partial charge is 0.476 e. The maximum atomic E-state index is 11.9. The van der Waals surface area contributed by atoms with Crippen molar-refractivity contribution in [3.63, 3.8) is 0 Å². The summed E-state index contributed by atoms with van der Waals surface area (Å²) in [7, 11) is 0. The van der Waals surface area contributed by atoms with Crippen molar-refractivity contribution in [2.75, 3.05) is 13.1 Å². The Morgan fingerprint density at radius 2 is 2.14 bits per heavy atom. The van der Waals surface area contributed by atoms with Crippen LogP contribution in [0, 0.1) is 0 Å². The summed E-state index contributed by atoms with van der Waals surface area (Å²) >= 11 is 0. The van der Waals surface area contributed by atoms with Crippen LogP contribution in [0.25, 0.3) is 0 Å². The minimum atomic E-state index is -1.11. The predicted octanol–water partition coefficient (Wildman–Crippen LogP) is -0.513. The van der Waals surface area contributed by atoms with Gasteiger partial charge in [-0.05, 0) is 13.8 Å². The number of nitrogens with zero attached hydrogens (tertiary/aromatic N) is 3. The lowest BCUT2D eigenvalue weighted by Gasteiger charge is -2.25. The molecule has 1 aromatic rings. The Morgan fingerprint density at radius 1 is 1.48 bits per heavy atom. The molecule has 4 N–H and O–H groups in total. The Balaban J connectivity index is 2.47. The summed E-state index contributed by atoms with van der Waals surface area (Å²) < 4.78 is 1.55. The Kier molecular flexibility index (Phi) is 5.70. The molecule has 21 heavy (non-hydrogen) atoms. The number of carbonyl (C=O) groups excluding carboxylic acids is 2. The summed E-state index contributed by atoms with van der Waals surface area (Å²) in [6.07, 6.45) is 2.75. The first-order valence-corrected chi connectivity index (χ1v) is 6.39. The fourth-order valence-electron chi connectivity index (χ4n) is 1.64. The molecule has 0 aromatic carbocycles. The summed E-state index contributed by atoms with van der Waals surface area (Å²) in [5.74, 6) is -1.69. The Labute approximate surface area is 121 Å². The van der Waals surface area contributed by atoms with Crippen molar-refractivity contribution < 1.29 is 19.5 Å². The number of urea groups is 1. The first-order valence-electron chi connectivity index (χ1n) is 6.39. The van der Waals surface area contributed by atoms with Crippen molar-refractivity contribution in [3.05, 3.63) is 18.2 Å². The molecular weight excluding hydrogens is 278 g/mol. The number of carboxylic acids is 1. The van der Waals surface area contributed by atoms with Gasteiger partial charge in [-0.1, -0.05) is 0 Å². The number of aromatic carboxylic acids is 1. The molecule has 0 spiro atoms. The average molecular weight is 297 g/mol. The van der Waals surface area contributed by atoms with Crippen LogP contribution in [0.1, 0.15) is 24.3 Å². The van der Waals surface area contributed by atoms with Crippen LogP contribution in [0.4, 0.5) is 4.79 Å². The molecule has 0 aliphatic carbocycles. The lowest BCUT2D eigenvalue weighted by atomic mass is 10.3. The number of rotatable bonds is 7. The molecule has 0 atom stereocenters. The van der Waals surface area contributed by atoms with Gasteiger partial charge in [-0.2, -0.15) is 0 Å². The van der Waals surface area contributed by atoms with Crippen LogP contribution in [0.15, 0.2) is 12.5 Å². The number of hydrogen-bond acceptors (Lipinski definition) is 4. The molecule has 0 unspecified atom stereocenters. The van der Waals surface area contributed by atoms with Crippen molar-refractivity contribution >= 4 is 17.9 Å². The van der Waals surface area contributed by atoms with Gasteiger partial charge < -0.3 is 25.6 Å². The molecule has 0 aliphatic heterocycles. The van der Waals surface area contributed by atoms with Crippen molar-refractivity contribution in [1.82, 2.24) is 19.8 Å². The number of amides is 3. The highest BCUT2D eigenvalue weighted by Crippen LogP contribution is 1.99. The molecule has 0 saturated heterocycles. The van der Waals surface area contributed by atoms with Gasteiger partial charge in [0.15, 0.2) is 5.69 Å². The summed E-state index contributed by atoms with van der Waals surface area (Å²) in [5, 5.41) is 11.4. The van der Waals surface area contributed by atoms with E-state index >= 15 is 0 Å². The molecule has 3 amide bonds. The van der Waals surface area contributed by atoms with E-state index in [4.69, 9.17) is 10.8 Å². The van der Waals surface area contributed by atoms with Gasteiger partial charge in [-0.3, -0.25) is 4.79 Å². The molecule has 0 aliphatic rings. The van der Waals surface area contributed by atoms with Crippen LogP contribution in [0.5, 0.6) is 0 Å². The van der Waals surface area contributed by atoms with Gasteiger partial charge in [0.05, 0.1) is 6.33 Å². The van der Waals surface area contributed by atoms with Crippen LogP contribution >= 0.6 is 0 Å². The number of primary amides is 1. The minimum Gasteiger partial charge on any atom is -0.476 e. The second-order valence-electron chi connectivity index (χ2n) is 4.72. The second-order valence-corrected chi connectivity index (χ2v) is 4.72. The number of aromatic nitrogens is 2. The fraction of sp³-hybridized carbons (Fsp3) is 0.500. The van der Waals surface area contributed by atoms with Crippen molar-refractivity contribution in [3.8, 4) is 0 Å². The zero-order valence-corrected chi connectivity index (χ0v) is 11.9. The monoisotopic (exact) mass is 297 g/mol. The first kappa shape index (κ1) is 16.5. The summed E-state index contributed by atoms with van der Waals surface area (Å²) in [6, 6.07) is -0.563. The topological polar surface area (TPSA) is 131 Å². The van der Waals surface area contributed by atoms with Gasteiger partial charge in [0.25, 0.3) is 0 Å². The lowest BCUT2D eigenvalue weighted by molar-refractivity contribution is -0.118. The maximum absolute atomic E-state index is 11.9. The molecule has 0 radical (unpaired) electrons. The molecule has 116 valence electrons. The smallest absolute Gasteiger partial charge is 0.356 e. The van der Waals surface area contributed by atoms with Crippen LogP contribution < -0.4 is 11.1 Å². The molecule has 1 aromatic heterocycles. The normalized spacial score (nSPS) is 10.4. The third-order valence-electron chi connectivity index (χ3n) is 2.71. The Hall–Kier alpha value is -2.58. The minimum absolute atomic E-state index is 0.0566. The zero-order valence-electron chi connectivity index (χ0n) is 11.9. The van der Waals surface area contributed by atoms with Crippen molar-refractivity contribution in [2.24, 2.45) is 5.73 Å². The van der Waals surface area contributed by atoms with Gasteiger partial charge in [-0.25, -0.2) is 14.6 Å². The molecule has 1 rings (SSSR count). The van der Waals surface area contributed by atoms with Crippen molar-refractivity contribution in [1.29, 1.82) is 0 Å². The van der Waals surface area contributed by atoms with E-state index in [0.717, 1.165) is 0 Å². The van der Waals surface area contributed by atoms with Crippen LogP contribution in [0.2, 0.25) is 0 Å². The van der Waals surface area contributed by atoms with E-state index < -0.39 is 17.9 Å². The third kappa shape index (κ3) is 5.13. The van der Waals surface area contributed by atoms with Gasteiger partial charge in [0, 0.05) is 25.3 Å². The van der Waals surface area contributed by atoms with E-state index in [-0.39, 0.29) is 24.8 Å². The number of carbonyl (C=O) groups is 3. The summed E-state index contributed by atoms with van der Waals surface area (Å²) in [6.45, 7) is 4.04. The van der Waals surface area contributed by atoms with Crippen molar-refractivity contribution in [2.45, 2.75) is 26.4 Å². The number of nitrogens with one attached hydrogen (secondary N) is 1. The van der Waals surface area contributed by atoms with Crippen LogP contribution in [0.3, 0.4) is 0 Å². The van der Waals surface area contributed by atoms with Gasteiger partial charge in [-0.15, -0.1) is 0 Å². The zero-order chi connectivity index (χ0) is 16.0. The second kappa shape index (κ2) is 7.27. The average Bonchev–Trinajstić information content (AvgIpc) is 2.84. The fourth-order valence-corrected chi connectivity index (χ4v) is 1.64. The first-order chi connectivity index (χ1) is 9.81. The Bertz CT molecular complexity index is 525. The van der Waals surface area contributed by atoms with Gasteiger partial charge in [0.2, 0.25) is 5.91 Å². The van der Waals surface area contributed by atoms with E-state index in [1.54, 1.807) is 18.4 Å². The highest BCUT2D eigenvalue weighted by Gasteiger charge is 2.18. The summed E-state index contributed by atoms with van der Waals surface area (Å²) in [5.41, 5.74) is 5.03. The molecule has 9 heteroatoms. The molecule has 1 heterocycles. The van der Waals surface area contributed by atoms with Crippen LogP contribution in [-0.4, -0.2) is 56.6 Å². The highest BCUT2D eigenvalue weighted by molar-refractivity contribution is 5.85. The molecule has 0 fully saturated rings. The standard InChI is InChI=1S/C12H19N5O4/c1-8(2)17(6-10(13)18)12(21)14-3-4-16-5-9(11(19)20)15-7-16/h5,7-8H,3-4,6H2,1-2H3,(H2,13,18)(H,14,21)(H,19,20). The SMILES string of the molecule is CC(C)N(CC(N)=O)C(=O)NCCn1cnc(C(=O)O)c1. The molecule has 0 saturated carbocycles. The summed E-state index contributed by atoms with van der Waals surface area (Å²) in [4.78, 5) is 38.5. The predicted molar refractivity (Wildman–Crippen MR) is 73.6 cm³/mol. The third-order valence-corrected chi connectivity index (χ3v) is 2.71. The molecule has 0 bridgehead atoms. The van der Waals surface area contributed by atoms with Crippen LogP contribution in [-0.2, 0) is 11.3 Å². The maximum Gasteiger partial charge on any atom is 0.356 e. The quantitative estimate of drug-likeness (QED) is 0.623. The Morgan fingerprint density at radius 3 is 2.62 bits per heavy atom. The van der Waals surface area contributed by atoms with Gasteiger partial charge in [0.1, 0.15) is 6.54 Å². The van der Waals surface area contributed by atoms with Gasteiger partial charge >= 0.3 is 12.0 Å². The number of imidazole rings is 1. The number of carboxylic acid groups (broad SMARTS) is 1. The number of hydrogen-bond donors (Lipinski definition) is 3. The van der Waals surface area contributed by atoms with E-state index in [1.807, 2.05) is 0 Å². The van der Waals surface area contributed by atoms with E-state index in [1.165, 1.54) is 17.4 Å². The lowest BCUT2D eigenvalue weighted by Crippen LogP contribution is -2.48.